The van der Waals surface area contributed by atoms with Crippen LogP contribution in [-0.2, 0) is 5.88 Å². The van der Waals surface area contributed by atoms with Gasteiger partial charge >= 0.3 is 0 Å². The normalized spacial score (nSPS) is 10.6. The van der Waals surface area contributed by atoms with E-state index in [0.717, 1.165) is 10.7 Å². The fourth-order valence-electron chi connectivity index (χ4n) is 1.06. The Kier molecular flexibility index (Phi) is 2.67. The van der Waals surface area contributed by atoms with E-state index >= 15 is 0 Å². The third-order valence-electron chi connectivity index (χ3n) is 1.75. The van der Waals surface area contributed by atoms with Crippen LogP contribution < -0.4 is 0 Å². The molecule has 0 fully saturated rings. The van der Waals surface area contributed by atoms with Crippen molar-refractivity contribution in [3.8, 4) is 9.88 Å². The van der Waals surface area contributed by atoms with Crippen molar-refractivity contribution in [1.82, 2.24) is 4.98 Å². The fraction of sp³-hybridized carbons (Fsp3) is 0.222. The van der Waals surface area contributed by atoms with Gasteiger partial charge in [0.1, 0.15) is 5.01 Å². The second-order valence-electron chi connectivity index (χ2n) is 2.64. The first-order chi connectivity index (χ1) is 6.31. The molecule has 2 rings (SSSR count). The van der Waals surface area contributed by atoms with Gasteiger partial charge in [0.2, 0.25) is 0 Å². The Balaban J connectivity index is 2.43. The Hall–Kier alpha value is -0.380. The number of alkyl halides is 1. The Morgan fingerprint density at radius 3 is 2.92 bits per heavy atom. The Morgan fingerprint density at radius 2 is 2.38 bits per heavy atom. The molecule has 2 heterocycles. The van der Waals surface area contributed by atoms with Gasteiger partial charge in [-0.15, -0.1) is 34.3 Å². The number of thiophene rings is 1. The molecule has 0 saturated heterocycles. The van der Waals surface area contributed by atoms with E-state index in [0.29, 0.717) is 5.88 Å². The second kappa shape index (κ2) is 3.78. The molecule has 0 aliphatic carbocycles. The zero-order valence-electron chi connectivity index (χ0n) is 7.08. The maximum Gasteiger partial charge on any atom is 0.133 e. The van der Waals surface area contributed by atoms with Crippen LogP contribution in [-0.4, -0.2) is 4.98 Å². The summed E-state index contributed by atoms with van der Waals surface area (Å²) >= 11 is 9.18. The standard InChI is InChI=1S/C9H8ClNS2/c1-6-8(5-10)13-9(11-6)7-3-2-4-12-7/h2-4H,5H2,1H3. The van der Waals surface area contributed by atoms with Gasteiger partial charge in [0.25, 0.3) is 0 Å². The van der Waals surface area contributed by atoms with E-state index in [1.807, 2.05) is 13.0 Å². The van der Waals surface area contributed by atoms with Crippen molar-refractivity contribution in [2.24, 2.45) is 0 Å². The van der Waals surface area contributed by atoms with Crippen molar-refractivity contribution in [1.29, 1.82) is 0 Å². The van der Waals surface area contributed by atoms with Crippen molar-refractivity contribution in [2.45, 2.75) is 12.8 Å². The summed E-state index contributed by atoms with van der Waals surface area (Å²) in [5, 5.41) is 3.15. The van der Waals surface area contributed by atoms with Crippen molar-refractivity contribution in [2.75, 3.05) is 0 Å². The Morgan fingerprint density at radius 1 is 1.54 bits per heavy atom. The summed E-state index contributed by atoms with van der Waals surface area (Å²) in [7, 11) is 0. The number of hydrogen-bond acceptors (Lipinski definition) is 3. The monoisotopic (exact) mass is 229 g/mol. The van der Waals surface area contributed by atoms with Crippen LogP contribution in [0.3, 0.4) is 0 Å². The zero-order valence-corrected chi connectivity index (χ0v) is 9.47. The van der Waals surface area contributed by atoms with Gasteiger partial charge in [-0.2, -0.15) is 0 Å². The van der Waals surface area contributed by atoms with Crippen LogP contribution >= 0.6 is 34.3 Å². The molecule has 0 aliphatic heterocycles. The lowest BCUT2D eigenvalue weighted by Gasteiger charge is -1.85. The lowest BCUT2D eigenvalue weighted by atomic mass is 10.4. The minimum atomic E-state index is 0.564. The molecular formula is C9H8ClNS2. The van der Waals surface area contributed by atoms with Crippen LogP contribution in [0.25, 0.3) is 9.88 Å². The molecule has 13 heavy (non-hydrogen) atoms. The average molecular weight is 230 g/mol. The van der Waals surface area contributed by atoms with Crippen LogP contribution in [0.2, 0.25) is 0 Å². The summed E-state index contributed by atoms with van der Waals surface area (Å²) in [4.78, 5) is 6.87. The number of nitrogens with zero attached hydrogens (tertiary/aromatic N) is 1. The highest BCUT2D eigenvalue weighted by Gasteiger charge is 2.08. The van der Waals surface area contributed by atoms with Crippen molar-refractivity contribution in [3.63, 3.8) is 0 Å². The van der Waals surface area contributed by atoms with Crippen molar-refractivity contribution < 1.29 is 0 Å². The van der Waals surface area contributed by atoms with Crippen LogP contribution in [0.15, 0.2) is 17.5 Å². The predicted molar refractivity (Wildman–Crippen MR) is 59.7 cm³/mol. The highest BCUT2D eigenvalue weighted by atomic mass is 35.5. The molecule has 0 N–H and O–H groups in total. The van der Waals surface area contributed by atoms with E-state index in [1.54, 1.807) is 22.7 Å². The molecule has 0 atom stereocenters. The molecule has 0 aromatic carbocycles. The molecule has 1 nitrogen and oxygen atoms in total. The summed E-state index contributed by atoms with van der Waals surface area (Å²) in [5.74, 6) is 0.564. The Bertz CT molecular complexity index is 392. The first-order valence-electron chi connectivity index (χ1n) is 3.87. The van der Waals surface area contributed by atoms with Crippen molar-refractivity contribution >= 4 is 34.3 Å². The maximum absolute atomic E-state index is 5.78. The lowest BCUT2D eigenvalue weighted by Crippen LogP contribution is -1.75. The van der Waals surface area contributed by atoms with E-state index in [4.69, 9.17) is 11.6 Å². The van der Waals surface area contributed by atoms with Gasteiger partial charge in [-0.1, -0.05) is 6.07 Å². The smallest absolute Gasteiger partial charge is 0.133 e. The van der Waals surface area contributed by atoms with E-state index in [-0.39, 0.29) is 0 Å². The van der Waals surface area contributed by atoms with Crippen molar-refractivity contribution in [3.05, 3.63) is 28.1 Å². The van der Waals surface area contributed by atoms with Gasteiger partial charge in [0.05, 0.1) is 16.5 Å². The first-order valence-corrected chi connectivity index (χ1v) is 6.10. The molecule has 0 amide bonds. The van der Waals surface area contributed by atoms with Crippen LogP contribution in [0.4, 0.5) is 0 Å². The summed E-state index contributed by atoms with van der Waals surface area (Å²) < 4.78 is 0. The van der Waals surface area contributed by atoms with Gasteiger partial charge in [0.15, 0.2) is 0 Å². The van der Waals surface area contributed by atoms with Crippen LogP contribution in [0.1, 0.15) is 10.6 Å². The predicted octanol–water partition coefficient (Wildman–Crippen LogP) is 3.92. The van der Waals surface area contributed by atoms with Gasteiger partial charge in [-0.05, 0) is 18.4 Å². The molecule has 0 aliphatic rings. The molecule has 0 bridgehead atoms. The minimum Gasteiger partial charge on any atom is -0.240 e. The van der Waals surface area contributed by atoms with Crippen LogP contribution in [0.5, 0.6) is 0 Å². The molecule has 0 spiro atoms. The van der Waals surface area contributed by atoms with Gasteiger partial charge in [-0.3, -0.25) is 0 Å². The molecule has 2 aromatic rings. The molecule has 0 unspecified atom stereocenters. The quantitative estimate of drug-likeness (QED) is 0.712. The number of rotatable bonds is 2. The minimum absolute atomic E-state index is 0.564. The summed E-state index contributed by atoms with van der Waals surface area (Å²) in [6.45, 7) is 2.01. The molecular weight excluding hydrogens is 222 g/mol. The highest BCUT2D eigenvalue weighted by molar-refractivity contribution is 7.21. The fourth-order valence-corrected chi connectivity index (χ4v) is 3.12. The van der Waals surface area contributed by atoms with Crippen LogP contribution in [0, 0.1) is 6.92 Å². The van der Waals surface area contributed by atoms with E-state index in [2.05, 4.69) is 16.4 Å². The zero-order chi connectivity index (χ0) is 9.26. The Labute approximate surface area is 90.0 Å². The third kappa shape index (κ3) is 1.77. The first kappa shape index (κ1) is 9.19. The van der Waals surface area contributed by atoms with Gasteiger partial charge < -0.3 is 0 Å². The van der Waals surface area contributed by atoms with E-state index < -0.39 is 0 Å². The SMILES string of the molecule is Cc1nc(-c2cccs2)sc1CCl. The van der Waals surface area contributed by atoms with E-state index in [9.17, 15) is 0 Å². The van der Waals surface area contributed by atoms with Gasteiger partial charge in [0, 0.05) is 4.88 Å². The number of aryl methyl sites for hydroxylation is 1. The number of aromatic nitrogens is 1. The summed E-state index contributed by atoms with van der Waals surface area (Å²) in [6.07, 6.45) is 0. The summed E-state index contributed by atoms with van der Waals surface area (Å²) in [5.41, 5.74) is 1.06. The van der Waals surface area contributed by atoms with E-state index in [1.165, 1.54) is 9.75 Å². The second-order valence-corrected chi connectivity index (χ2v) is 4.94. The number of halogens is 1. The molecule has 0 saturated carbocycles. The molecule has 68 valence electrons. The topological polar surface area (TPSA) is 12.9 Å². The largest absolute Gasteiger partial charge is 0.240 e. The average Bonchev–Trinajstić information content (AvgIpc) is 2.71. The lowest BCUT2D eigenvalue weighted by molar-refractivity contribution is 1.22. The number of thiazole rings is 1. The molecule has 2 aromatic heterocycles. The van der Waals surface area contributed by atoms with Gasteiger partial charge in [-0.25, -0.2) is 4.98 Å². The summed E-state index contributed by atoms with van der Waals surface area (Å²) in [6, 6.07) is 4.12. The molecule has 4 heteroatoms. The number of hydrogen-bond donors (Lipinski definition) is 0. The third-order valence-corrected chi connectivity index (χ3v) is 4.37. The highest BCUT2D eigenvalue weighted by Crippen LogP contribution is 2.31. The molecule has 0 radical (unpaired) electrons. The maximum atomic E-state index is 5.78.